The second-order valence-electron chi connectivity index (χ2n) is 8.23. The predicted molar refractivity (Wildman–Crippen MR) is 134 cm³/mol. The van der Waals surface area contributed by atoms with Crippen LogP contribution < -0.4 is 10.6 Å². The molecule has 7 nitrogen and oxygen atoms in total. The molecule has 0 aliphatic carbocycles. The minimum absolute atomic E-state index is 0.0594. The van der Waals surface area contributed by atoms with Crippen molar-refractivity contribution in [3.8, 4) is 17.2 Å². The van der Waals surface area contributed by atoms with Gasteiger partial charge < -0.3 is 10.6 Å². The summed E-state index contributed by atoms with van der Waals surface area (Å²) >= 11 is 0. The predicted octanol–water partition coefficient (Wildman–Crippen LogP) is 4.55. The molecule has 0 fully saturated rings. The first-order chi connectivity index (χ1) is 17.4. The first-order valence-electron chi connectivity index (χ1n) is 11.0. The number of hydrogen-bond donors (Lipinski definition) is 2. The SMILES string of the molecule is N#Cc1ccc(-c2ccc(CNC(=O)c3ccc4c(c3)NC(=O)c3ccccc3S4(=O)=O)cc2)cc1. The van der Waals surface area contributed by atoms with E-state index in [1.54, 1.807) is 24.3 Å². The minimum atomic E-state index is -3.93. The lowest BCUT2D eigenvalue weighted by molar-refractivity contribution is 0.0949. The number of nitrogens with zero attached hydrogens (tertiary/aromatic N) is 1. The standard InChI is InChI=1S/C28H19N3O4S/c29-16-18-5-9-20(10-6-18)21-11-7-19(8-12-21)17-30-27(32)22-13-14-26-24(15-22)31-28(33)23-3-1-2-4-25(23)36(26,34)35/h1-15H,17H2,(H,30,32)(H,31,33). The molecule has 4 aromatic rings. The van der Waals surface area contributed by atoms with Crippen molar-refractivity contribution >= 4 is 27.3 Å². The zero-order valence-corrected chi connectivity index (χ0v) is 19.7. The molecule has 1 heterocycles. The lowest BCUT2D eigenvalue weighted by atomic mass is 10.0. The summed E-state index contributed by atoms with van der Waals surface area (Å²) < 4.78 is 26.2. The van der Waals surface area contributed by atoms with Crippen molar-refractivity contribution in [2.75, 3.05) is 5.32 Å². The van der Waals surface area contributed by atoms with Crippen LogP contribution in [-0.4, -0.2) is 20.2 Å². The van der Waals surface area contributed by atoms with Crippen LogP contribution in [0.25, 0.3) is 11.1 Å². The molecule has 176 valence electrons. The Bertz CT molecular complexity index is 1650. The first-order valence-corrected chi connectivity index (χ1v) is 12.5. The highest BCUT2D eigenvalue weighted by atomic mass is 32.2. The van der Waals surface area contributed by atoms with Crippen molar-refractivity contribution in [2.24, 2.45) is 0 Å². The molecule has 1 aliphatic heterocycles. The molecule has 8 heteroatoms. The van der Waals surface area contributed by atoms with Gasteiger partial charge in [0, 0.05) is 12.1 Å². The van der Waals surface area contributed by atoms with E-state index in [0.29, 0.717) is 5.56 Å². The number of amides is 2. The van der Waals surface area contributed by atoms with E-state index in [4.69, 9.17) is 5.26 Å². The number of anilines is 1. The summed E-state index contributed by atoms with van der Waals surface area (Å²) in [4.78, 5) is 25.3. The Balaban J connectivity index is 1.32. The zero-order chi connectivity index (χ0) is 25.3. The van der Waals surface area contributed by atoms with E-state index in [1.165, 1.54) is 30.3 Å². The van der Waals surface area contributed by atoms with Gasteiger partial charge in [0.05, 0.1) is 32.7 Å². The highest BCUT2D eigenvalue weighted by Crippen LogP contribution is 2.34. The van der Waals surface area contributed by atoms with E-state index in [0.717, 1.165) is 16.7 Å². The minimum Gasteiger partial charge on any atom is -0.348 e. The molecule has 1 aliphatic rings. The highest BCUT2D eigenvalue weighted by Gasteiger charge is 2.31. The molecule has 0 saturated heterocycles. The number of nitriles is 1. The fourth-order valence-electron chi connectivity index (χ4n) is 4.04. The Morgan fingerprint density at radius 1 is 0.861 bits per heavy atom. The Morgan fingerprint density at radius 3 is 2.22 bits per heavy atom. The van der Waals surface area contributed by atoms with Crippen LogP contribution in [-0.2, 0) is 16.4 Å². The molecule has 0 atom stereocenters. The fourth-order valence-corrected chi connectivity index (χ4v) is 5.63. The van der Waals surface area contributed by atoms with Crippen LogP contribution in [0.3, 0.4) is 0 Å². The maximum Gasteiger partial charge on any atom is 0.257 e. The van der Waals surface area contributed by atoms with Crippen molar-refractivity contribution in [1.82, 2.24) is 5.32 Å². The summed E-state index contributed by atoms with van der Waals surface area (Å²) in [6, 6.07) is 27.2. The largest absolute Gasteiger partial charge is 0.348 e. The zero-order valence-electron chi connectivity index (χ0n) is 18.9. The summed E-state index contributed by atoms with van der Waals surface area (Å²) in [6.45, 7) is 0.264. The molecule has 0 aromatic heterocycles. The van der Waals surface area contributed by atoms with Crippen molar-refractivity contribution in [2.45, 2.75) is 16.3 Å². The van der Waals surface area contributed by atoms with Gasteiger partial charge >= 0.3 is 0 Å². The van der Waals surface area contributed by atoms with Gasteiger partial charge in [-0.05, 0) is 59.2 Å². The van der Waals surface area contributed by atoms with Crippen LogP contribution in [0.4, 0.5) is 5.69 Å². The Morgan fingerprint density at radius 2 is 1.53 bits per heavy atom. The molecular weight excluding hydrogens is 474 g/mol. The summed E-state index contributed by atoms with van der Waals surface area (Å²) in [7, 11) is -3.93. The summed E-state index contributed by atoms with van der Waals surface area (Å²) in [5.74, 6) is -0.949. The van der Waals surface area contributed by atoms with Crippen LogP contribution >= 0.6 is 0 Å². The molecule has 36 heavy (non-hydrogen) atoms. The van der Waals surface area contributed by atoms with Gasteiger partial charge in [0.25, 0.3) is 11.8 Å². The van der Waals surface area contributed by atoms with Crippen LogP contribution in [0.15, 0.2) is 101 Å². The Labute approximate surface area is 207 Å². The smallest absolute Gasteiger partial charge is 0.257 e. The number of benzene rings is 4. The second kappa shape index (κ2) is 9.13. The Hall–Kier alpha value is -4.74. The van der Waals surface area contributed by atoms with Gasteiger partial charge in [-0.3, -0.25) is 9.59 Å². The average molecular weight is 494 g/mol. The van der Waals surface area contributed by atoms with Gasteiger partial charge in [0.15, 0.2) is 0 Å². The molecule has 0 unspecified atom stereocenters. The van der Waals surface area contributed by atoms with Gasteiger partial charge in [-0.15, -0.1) is 0 Å². The second-order valence-corrected chi connectivity index (χ2v) is 10.1. The van der Waals surface area contributed by atoms with Crippen LogP contribution in [0, 0.1) is 11.3 Å². The number of carbonyl (C=O) groups is 2. The number of nitrogens with one attached hydrogen (secondary N) is 2. The van der Waals surface area contributed by atoms with Crippen molar-refractivity contribution in [3.63, 3.8) is 0 Å². The van der Waals surface area contributed by atoms with E-state index in [1.807, 2.05) is 36.4 Å². The lowest BCUT2D eigenvalue weighted by Gasteiger charge is -2.11. The monoisotopic (exact) mass is 493 g/mol. The number of carbonyl (C=O) groups excluding carboxylic acids is 2. The highest BCUT2D eigenvalue weighted by molar-refractivity contribution is 7.91. The molecule has 0 saturated carbocycles. The van der Waals surface area contributed by atoms with E-state index in [-0.39, 0.29) is 33.2 Å². The number of rotatable bonds is 4. The quantitative estimate of drug-likeness (QED) is 0.433. The van der Waals surface area contributed by atoms with Gasteiger partial charge in [-0.25, -0.2) is 8.42 Å². The maximum absolute atomic E-state index is 13.1. The molecule has 2 amide bonds. The van der Waals surface area contributed by atoms with E-state index in [2.05, 4.69) is 16.7 Å². The summed E-state index contributed by atoms with van der Waals surface area (Å²) in [5, 5.41) is 14.4. The van der Waals surface area contributed by atoms with Crippen LogP contribution in [0.2, 0.25) is 0 Å². The third-order valence-corrected chi connectivity index (χ3v) is 7.83. The van der Waals surface area contributed by atoms with E-state index < -0.39 is 21.7 Å². The van der Waals surface area contributed by atoms with E-state index in [9.17, 15) is 18.0 Å². The third-order valence-electron chi connectivity index (χ3n) is 5.96. The summed E-state index contributed by atoms with van der Waals surface area (Å²) in [6.07, 6.45) is 0. The van der Waals surface area contributed by atoms with Gasteiger partial charge in [0.1, 0.15) is 0 Å². The van der Waals surface area contributed by atoms with Crippen LogP contribution in [0.5, 0.6) is 0 Å². The molecule has 0 spiro atoms. The first kappa shape index (κ1) is 23.0. The molecule has 0 radical (unpaired) electrons. The molecule has 0 bridgehead atoms. The van der Waals surface area contributed by atoms with Crippen LogP contribution in [0.1, 0.15) is 31.8 Å². The summed E-state index contributed by atoms with van der Waals surface area (Å²) in [5.41, 5.74) is 3.79. The van der Waals surface area contributed by atoms with Gasteiger partial charge in [0.2, 0.25) is 9.84 Å². The Kier molecular flexibility index (Phi) is 5.84. The van der Waals surface area contributed by atoms with Crippen molar-refractivity contribution in [3.05, 3.63) is 113 Å². The molecule has 2 N–H and O–H groups in total. The van der Waals surface area contributed by atoms with Gasteiger partial charge in [-0.2, -0.15) is 5.26 Å². The average Bonchev–Trinajstić information content (AvgIpc) is 2.99. The molecule has 5 rings (SSSR count). The number of hydrogen-bond acceptors (Lipinski definition) is 5. The van der Waals surface area contributed by atoms with E-state index >= 15 is 0 Å². The normalized spacial score (nSPS) is 13.4. The van der Waals surface area contributed by atoms with Gasteiger partial charge in [-0.1, -0.05) is 48.5 Å². The fraction of sp³-hybridized carbons (Fsp3) is 0.0357. The van der Waals surface area contributed by atoms with Crippen molar-refractivity contribution < 1.29 is 18.0 Å². The number of sulfone groups is 1. The molecule has 4 aromatic carbocycles. The lowest BCUT2D eigenvalue weighted by Crippen LogP contribution is -2.23. The van der Waals surface area contributed by atoms with Crippen molar-refractivity contribution in [1.29, 1.82) is 5.26 Å². The molecular formula is C28H19N3O4S. The topological polar surface area (TPSA) is 116 Å². The number of fused-ring (bicyclic) bond motifs is 2. The third kappa shape index (κ3) is 4.24. The maximum atomic E-state index is 13.1.